The number of pyridine rings is 1. The molecule has 0 N–H and O–H groups in total. The molecule has 0 fully saturated rings. The second-order valence-corrected chi connectivity index (χ2v) is 8.58. The van der Waals surface area contributed by atoms with Crippen LogP contribution in [0, 0.1) is 0 Å². The number of carbonyl (C=O) groups is 1. The van der Waals surface area contributed by atoms with Crippen LogP contribution in [0.5, 0.6) is 11.5 Å². The van der Waals surface area contributed by atoms with E-state index in [2.05, 4.69) is 27.5 Å². The van der Waals surface area contributed by atoms with Gasteiger partial charge in [-0.3, -0.25) is 0 Å². The Bertz CT molecular complexity index is 1360. The maximum absolute atomic E-state index is 13.3. The Labute approximate surface area is 202 Å². The van der Waals surface area contributed by atoms with Crippen LogP contribution in [-0.4, -0.2) is 54.2 Å². The molecule has 1 aromatic carbocycles. The van der Waals surface area contributed by atoms with Crippen LogP contribution in [0.2, 0.25) is 0 Å². The van der Waals surface area contributed by atoms with Crippen LogP contribution in [0.1, 0.15) is 55.8 Å². The molecule has 11 heteroatoms. The third-order valence-electron chi connectivity index (χ3n) is 5.78. The van der Waals surface area contributed by atoms with Crippen molar-refractivity contribution in [2.24, 2.45) is 0 Å². The van der Waals surface area contributed by atoms with Crippen molar-refractivity contribution in [2.45, 2.75) is 52.8 Å². The van der Waals surface area contributed by atoms with Crippen molar-refractivity contribution >= 4 is 17.0 Å². The molecule has 0 radical (unpaired) electrons. The average Bonchev–Trinajstić information content (AvgIpc) is 3.51. The Kier molecular flexibility index (Phi) is 6.30. The number of fused-ring (bicyclic) bond motifs is 2. The van der Waals surface area contributed by atoms with Crippen LogP contribution in [-0.2, 0) is 17.9 Å². The van der Waals surface area contributed by atoms with Crippen molar-refractivity contribution < 1.29 is 19.0 Å². The fraction of sp³-hybridized carbons (Fsp3) is 0.417. The van der Waals surface area contributed by atoms with Crippen molar-refractivity contribution in [2.75, 3.05) is 13.2 Å². The second-order valence-electron chi connectivity index (χ2n) is 8.58. The smallest absolute Gasteiger partial charge is 0.339 e. The fourth-order valence-corrected chi connectivity index (χ4v) is 3.93. The number of hydrogen-bond acceptors (Lipinski definition) is 9. The number of hydrogen-bond donors (Lipinski definition) is 0. The highest BCUT2D eigenvalue weighted by Gasteiger charge is 2.21. The number of aryl methyl sites for hydroxylation is 1. The molecule has 0 bridgehead atoms. The number of esters is 1. The van der Waals surface area contributed by atoms with Gasteiger partial charge in [0.15, 0.2) is 29.6 Å². The molecule has 4 aromatic rings. The summed E-state index contributed by atoms with van der Waals surface area (Å²) in [5.74, 6) is 1.34. The molecule has 0 saturated carbocycles. The van der Waals surface area contributed by atoms with E-state index in [1.807, 2.05) is 32.0 Å². The minimum atomic E-state index is -0.496. The SMILES string of the molecule is CCCCn1nnnc1COC(=O)c1cc(-c2ccc3c(c2)OCCO3)nc2c1cnn2C(C)C. The summed E-state index contributed by atoms with van der Waals surface area (Å²) in [6, 6.07) is 7.40. The van der Waals surface area contributed by atoms with E-state index in [1.165, 1.54) is 0 Å². The monoisotopic (exact) mass is 477 g/mol. The molecule has 5 rings (SSSR count). The molecule has 3 aromatic heterocycles. The highest BCUT2D eigenvalue weighted by molar-refractivity contribution is 6.03. The minimum absolute atomic E-state index is 0.0307. The number of carbonyl (C=O) groups excluding carboxylic acids is 1. The predicted molar refractivity (Wildman–Crippen MR) is 126 cm³/mol. The molecule has 0 unspecified atom stereocenters. The summed E-state index contributed by atoms with van der Waals surface area (Å²) in [5, 5.41) is 16.8. The maximum atomic E-state index is 13.3. The predicted octanol–water partition coefficient (Wildman–Crippen LogP) is 3.59. The zero-order chi connectivity index (χ0) is 24.4. The quantitative estimate of drug-likeness (QED) is 0.351. The van der Waals surface area contributed by atoms with Gasteiger partial charge in [0.2, 0.25) is 0 Å². The number of nitrogens with zero attached hydrogens (tertiary/aromatic N) is 7. The van der Waals surface area contributed by atoms with E-state index in [-0.39, 0.29) is 12.6 Å². The first-order valence-electron chi connectivity index (χ1n) is 11.8. The van der Waals surface area contributed by atoms with Gasteiger partial charge in [0.05, 0.1) is 22.8 Å². The molecule has 35 heavy (non-hydrogen) atoms. The van der Waals surface area contributed by atoms with Crippen LogP contribution in [0.4, 0.5) is 0 Å². The number of ether oxygens (including phenoxy) is 3. The first-order chi connectivity index (χ1) is 17.0. The molecule has 1 aliphatic rings. The average molecular weight is 478 g/mol. The van der Waals surface area contributed by atoms with Gasteiger partial charge in [-0.2, -0.15) is 5.10 Å². The van der Waals surface area contributed by atoms with Gasteiger partial charge in [0.1, 0.15) is 13.2 Å². The summed E-state index contributed by atoms with van der Waals surface area (Å²) in [4.78, 5) is 18.1. The molecule has 0 atom stereocenters. The van der Waals surface area contributed by atoms with Crippen molar-refractivity contribution in [1.82, 2.24) is 35.0 Å². The van der Waals surface area contributed by atoms with Crippen molar-refractivity contribution in [1.29, 1.82) is 0 Å². The van der Waals surface area contributed by atoms with Crippen LogP contribution in [0.25, 0.3) is 22.3 Å². The first-order valence-corrected chi connectivity index (χ1v) is 11.8. The van der Waals surface area contributed by atoms with Crippen molar-refractivity contribution in [3.05, 3.63) is 41.9 Å². The van der Waals surface area contributed by atoms with E-state index < -0.39 is 5.97 Å². The lowest BCUT2D eigenvalue weighted by Crippen LogP contribution is -2.15. The number of tetrazole rings is 1. The summed E-state index contributed by atoms with van der Waals surface area (Å²) >= 11 is 0. The van der Waals surface area contributed by atoms with E-state index in [0.717, 1.165) is 18.4 Å². The Morgan fingerprint density at radius 2 is 2.00 bits per heavy atom. The van der Waals surface area contributed by atoms with E-state index in [9.17, 15) is 4.79 Å². The van der Waals surface area contributed by atoms with Gasteiger partial charge >= 0.3 is 5.97 Å². The molecule has 0 saturated heterocycles. The summed E-state index contributed by atoms with van der Waals surface area (Å²) < 4.78 is 20.5. The molecular weight excluding hydrogens is 450 g/mol. The lowest BCUT2D eigenvalue weighted by Gasteiger charge is -2.19. The van der Waals surface area contributed by atoms with Gasteiger partial charge in [0.25, 0.3) is 0 Å². The second kappa shape index (κ2) is 9.69. The molecule has 0 amide bonds. The van der Waals surface area contributed by atoms with Crippen LogP contribution < -0.4 is 9.47 Å². The van der Waals surface area contributed by atoms with Crippen molar-refractivity contribution in [3.63, 3.8) is 0 Å². The largest absolute Gasteiger partial charge is 0.486 e. The molecule has 182 valence electrons. The number of unbranched alkanes of at least 4 members (excludes halogenated alkanes) is 1. The number of benzene rings is 1. The Morgan fingerprint density at radius 1 is 1.17 bits per heavy atom. The number of rotatable bonds is 8. The highest BCUT2D eigenvalue weighted by atomic mass is 16.6. The van der Waals surface area contributed by atoms with Crippen LogP contribution >= 0.6 is 0 Å². The van der Waals surface area contributed by atoms with Crippen molar-refractivity contribution in [3.8, 4) is 22.8 Å². The van der Waals surface area contributed by atoms with Gasteiger partial charge in [0, 0.05) is 18.2 Å². The molecule has 4 heterocycles. The lowest BCUT2D eigenvalue weighted by atomic mass is 10.1. The molecule has 0 aliphatic carbocycles. The van der Waals surface area contributed by atoms with Crippen LogP contribution in [0.15, 0.2) is 30.5 Å². The van der Waals surface area contributed by atoms with E-state index in [1.54, 1.807) is 21.6 Å². The summed E-state index contributed by atoms with van der Waals surface area (Å²) in [6.45, 7) is 7.76. The highest BCUT2D eigenvalue weighted by Crippen LogP contribution is 2.35. The Balaban J connectivity index is 1.50. The standard InChI is InChI=1S/C24H27N7O4/c1-4-5-8-30-22(27-28-29-30)14-35-24(32)17-12-19(26-23-18(17)13-25-31(23)15(2)3)16-6-7-20-21(11-16)34-10-9-33-20/h6-7,11-13,15H,4-5,8-10,14H2,1-3H3. The van der Waals surface area contributed by atoms with E-state index >= 15 is 0 Å². The van der Waals surface area contributed by atoms with Gasteiger partial charge in [-0.25, -0.2) is 19.1 Å². The summed E-state index contributed by atoms with van der Waals surface area (Å²) in [7, 11) is 0. The van der Waals surface area contributed by atoms with Crippen LogP contribution in [0.3, 0.4) is 0 Å². The minimum Gasteiger partial charge on any atom is -0.486 e. The Hall–Kier alpha value is -4.02. The molecule has 0 spiro atoms. The third kappa shape index (κ3) is 4.53. The first kappa shape index (κ1) is 22.8. The van der Waals surface area contributed by atoms with E-state index in [0.29, 0.717) is 59.4 Å². The summed E-state index contributed by atoms with van der Waals surface area (Å²) in [6.07, 6.45) is 3.60. The molecule has 11 nitrogen and oxygen atoms in total. The zero-order valence-electron chi connectivity index (χ0n) is 20.0. The lowest BCUT2D eigenvalue weighted by molar-refractivity contribution is 0.0458. The van der Waals surface area contributed by atoms with Gasteiger partial charge in [-0.15, -0.1) is 5.10 Å². The van der Waals surface area contributed by atoms with E-state index in [4.69, 9.17) is 19.2 Å². The third-order valence-corrected chi connectivity index (χ3v) is 5.78. The normalized spacial score (nSPS) is 12.9. The van der Waals surface area contributed by atoms with Gasteiger partial charge < -0.3 is 14.2 Å². The molecular formula is C24H27N7O4. The van der Waals surface area contributed by atoms with Gasteiger partial charge in [-0.1, -0.05) is 13.3 Å². The maximum Gasteiger partial charge on any atom is 0.339 e. The summed E-state index contributed by atoms with van der Waals surface area (Å²) in [5.41, 5.74) is 2.38. The molecule has 1 aliphatic heterocycles. The zero-order valence-corrected chi connectivity index (χ0v) is 20.0. The number of aromatic nitrogens is 7. The topological polar surface area (TPSA) is 119 Å². The Morgan fingerprint density at radius 3 is 2.80 bits per heavy atom. The fourth-order valence-electron chi connectivity index (χ4n) is 3.93. The van der Waals surface area contributed by atoms with Gasteiger partial charge in [-0.05, 0) is 55.0 Å².